The summed E-state index contributed by atoms with van der Waals surface area (Å²) in [6, 6.07) is 20.3. The summed E-state index contributed by atoms with van der Waals surface area (Å²) in [7, 11) is 0. The van der Waals surface area contributed by atoms with E-state index < -0.39 is 18.5 Å². The summed E-state index contributed by atoms with van der Waals surface area (Å²) in [5.74, 6) is -0.509. The largest absolute Gasteiger partial charge is 0.524 e. The Morgan fingerprint density at radius 1 is 0.829 bits per heavy atom. The molecular formula is C29H30F4O2. The predicted octanol–water partition coefficient (Wildman–Crippen LogP) is 7.95. The van der Waals surface area contributed by atoms with E-state index in [1.54, 1.807) is 0 Å². The first-order valence-electron chi connectivity index (χ1n) is 12.2. The zero-order valence-corrected chi connectivity index (χ0v) is 19.8. The van der Waals surface area contributed by atoms with Crippen LogP contribution in [0.4, 0.5) is 17.6 Å². The Labute approximate surface area is 203 Å². The molecule has 2 nitrogen and oxygen atoms in total. The molecule has 4 rings (SSSR count). The molecule has 186 valence electrons. The van der Waals surface area contributed by atoms with Crippen LogP contribution in [0.15, 0.2) is 60.7 Å². The van der Waals surface area contributed by atoms with Gasteiger partial charge in [0.15, 0.2) is 6.29 Å². The van der Waals surface area contributed by atoms with Crippen LogP contribution in [0.1, 0.15) is 54.0 Å². The molecule has 0 aromatic heterocycles. The number of ether oxygens (including phenoxy) is 2. The maximum absolute atomic E-state index is 14.6. The summed E-state index contributed by atoms with van der Waals surface area (Å²) < 4.78 is 61.0. The lowest BCUT2D eigenvalue weighted by Crippen LogP contribution is -2.31. The van der Waals surface area contributed by atoms with Crippen LogP contribution in [-0.2, 0) is 41.8 Å². The summed E-state index contributed by atoms with van der Waals surface area (Å²) in [5, 5.41) is 0. The number of unbranched alkanes of at least 4 members (excludes halogenated alkanes) is 2. The predicted molar refractivity (Wildman–Crippen MR) is 128 cm³/mol. The van der Waals surface area contributed by atoms with E-state index in [0.717, 1.165) is 29.5 Å². The van der Waals surface area contributed by atoms with Crippen molar-refractivity contribution in [2.75, 3.05) is 0 Å². The molecule has 35 heavy (non-hydrogen) atoms. The molecule has 3 aromatic rings. The zero-order valence-electron chi connectivity index (χ0n) is 19.8. The van der Waals surface area contributed by atoms with E-state index in [1.807, 2.05) is 6.07 Å². The lowest BCUT2D eigenvalue weighted by molar-refractivity contribution is -0.381. The number of rotatable bonds is 9. The van der Waals surface area contributed by atoms with Gasteiger partial charge >= 0.3 is 6.36 Å². The minimum absolute atomic E-state index is 0.104. The molecule has 0 aliphatic carbocycles. The Morgan fingerprint density at radius 2 is 1.43 bits per heavy atom. The number of benzene rings is 3. The van der Waals surface area contributed by atoms with E-state index in [0.29, 0.717) is 12.0 Å². The van der Waals surface area contributed by atoms with Gasteiger partial charge in [0.05, 0.1) is 6.61 Å². The Hall–Kier alpha value is -2.70. The van der Waals surface area contributed by atoms with Crippen molar-refractivity contribution in [2.45, 2.75) is 71.1 Å². The average molecular weight is 487 g/mol. The van der Waals surface area contributed by atoms with Crippen molar-refractivity contribution in [2.24, 2.45) is 0 Å². The number of hydrogen-bond donors (Lipinski definition) is 0. The van der Waals surface area contributed by atoms with Crippen LogP contribution in [0.5, 0.6) is 0 Å². The molecule has 1 unspecified atom stereocenters. The molecule has 0 N–H and O–H groups in total. The molecule has 0 amide bonds. The SMILES string of the molecule is CCCCCc1ccc(-c2ccc(CCc3cc(F)c4c(c3)COC(OC(F)(F)F)C4)cc2)cc1. The van der Waals surface area contributed by atoms with Gasteiger partial charge in [0.2, 0.25) is 0 Å². The number of fused-ring (bicyclic) bond motifs is 1. The third-order valence-corrected chi connectivity index (χ3v) is 6.42. The monoisotopic (exact) mass is 486 g/mol. The fraction of sp³-hybridized carbons (Fsp3) is 0.379. The second-order valence-corrected chi connectivity index (χ2v) is 9.07. The fourth-order valence-corrected chi connectivity index (χ4v) is 4.49. The lowest BCUT2D eigenvalue weighted by atomic mass is 9.95. The molecule has 1 heterocycles. The van der Waals surface area contributed by atoms with Crippen LogP contribution in [0, 0.1) is 5.82 Å². The van der Waals surface area contributed by atoms with E-state index in [-0.39, 0.29) is 18.6 Å². The van der Waals surface area contributed by atoms with Crippen molar-refractivity contribution >= 4 is 0 Å². The van der Waals surface area contributed by atoms with Gasteiger partial charge < -0.3 is 4.74 Å². The first-order valence-corrected chi connectivity index (χ1v) is 12.2. The van der Waals surface area contributed by atoms with Crippen LogP contribution in [0.25, 0.3) is 11.1 Å². The molecule has 0 radical (unpaired) electrons. The highest BCUT2D eigenvalue weighted by Crippen LogP contribution is 2.30. The Bertz CT molecular complexity index is 1110. The second kappa shape index (κ2) is 11.4. The highest BCUT2D eigenvalue weighted by Gasteiger charge is 2.36. The van der Waals surface area contributed by atoms with Crippen molar-refractivity contribution in [1.82, 2.24) is 0 Å². The zero-order chi connectivity index (χ0) is 24.8. The normalized spacial score (nSPS) is 15.7. The minimum atomic E-state index is -4.81. The highest BCUT2D eigenvalue weighted by atomic mass is 19.4. The Morgan fingerprint density at radius 3 is 2.03 bits per heavy atom. The van der Waals surface area contributed by atoms with Gasteiger partial charge in [0.1, 0.15) is 5.82 Å². The summed E-state index contributed by atoms with van der Waals surface area (Å²) in [5.41, 5.74) is 6.44. The molecule has 0 fully saturated rings. The van der Waals surface area contributed by atoms with Crippen molar-refractivity contribution in [1.29, 1.82) is 0 Å². The van der Waals surface area contributed by atoms with Crippen LogP contribution in [0.3, 0.4) is 0 Å². The summed E-state index contributed by atoms with van der Waals surface area (Å²) in [4.78, 5) is 0. The Kier molecular flexibility index (Phi) is 8.24. The van der Waals surface area contributed by atoms with Gasteiger partial charge in [-0.3, -0.25) is 4.74 Å². The van der Waals surface area contributed by atoms with E-state index in [2.05, 4.69) is 60.2 Å². The Balaban J connectivity index is 1.34. The van der Waals surface area contributed by atoms with E-state index in [1.165, 1.54) is 36.5 Å². The van der Waals surface area contributed by atoms with Crippen LogP contribution in [0.2, 0.25) is 0 Å². The van der Waals surface area contributed by atoms with Gasteiger partial charge in [0.25, 0.3) is 0 Å². The average Bonchev–Trinajstić information content (AvgIpc) is 2.83. The standard InChI is InChI=1S/C29H30F4O2/c1-2-3-4-5-20-8-12-23(13-9-20)24-14-10-21(11-15-24)6-7-22-16-25-19-34-28(35-29(31,32)33)18-26(25)27(30)17-22/h8-17,28H,2-7,18-19H2,1H3. The van der Waals surface area contributed by atoms with Gasteiger partial charge in [-0.15, -0.1) is 13.2 Å². The first-order chi connectivity index (χ1) is 16.8. The fourth-order valence-electron chi connectivity index (χ4n) is 4.49. The first kappa shape index (κ1) is 25.4. The van der Waals surface area contributed by atoms with Crippen LogP contribution in [-0.4, -0.2) is 12.7 Å². The van der Waals surface area contributed by atoms with Crippen molar-refractivity contribution in [3.05, 3.63) is 94.3 Å². The van der Waals surface area contributed by atoms with Crippen LogP contribution >= 0.6 is 0 Å². The van der Waals surface area contributed by atoms with Gasteiger partial charge in [-0.1, -0.05) is 74.4 Å². The lowest BCUT2D eigenvalue weighted by Gasteiger charge is -2.26. The third kappa shape index (κ3) is 7.15. The molecule has 0 spiro atoms. The number of halogens is 4. The third-order valence-electron chi connectivity index (χ3n) is 6.42. The van der Waals surface area contributed by atoms with E-state index >= 15 is 0 Å². The minimum Gasteiger partial charge on any atom is -0.347 e. The van der Waals surface area contributed by atoms with Crippen molar-refractivity contribution in [3.8, 4) is 11.1 Å². The summed E-state index contributed by atoms with van der Waals surface area (Å²) in [6.07, 6.45) is -0.419. The van der Waals surface area contributed by atoms with Gasteiger partial charge in [-0.2, -0.15) is 0 Å². The van der Waals surface area contributed by atoms with Gasteiger partial charge in [0, 0.05) is 6.42 Å². The molecule has 3 aromatic carbocycles. The maximum Gasteiger partial charge on any atom is 0.524 e. The molecule has 0 bridgehead atoms. The number of aryl methyl sites for hydroxylation is 3. The summed E-state index contributed by atoms with van der Waals surface area (Å²) >= 11 is 0. The van der Waals surface area contributed by atoms with E-state index in [9.17, 15) is 17.6 Å². The second-order valence-electron chi connectivity index (χ2n) is 9.07. The van der Waals surface area contributed by atoms with Crippen LogP contribution < -0.4 is 0 Å². The molecular weight excluding hydrogens is 456 g/mol. The quantitative estimate of drug-likeness (QED) is 0.226. The maximum atomic E-state index is 14.6. The smallest absolute Gasteiger partial charge is 0.347 e. The van der Waals surface area contributed by atoms with E-state index in [4.69, 9.17) is 4.74 Å². The highest BCUT2D eigenvalue weighted by molar-refractivity contribution is 5.64. The molecule has 1 aliphatic heterocycles. The van der Waals surface area contributed by atoms with Gasteiger partial charge in [-0.25, -0.2) is 4.39 Å². The summed E-state index contributed by atoms with van der Waals surface area (Å²) in [6.45, 7) is 2.11. The molecule has 1 aliphatic rings. The topological polar surface area (TPSA) is 18.5 Å². The van der Waals surface area contributed by atoms with Crippen molar-refractivity contribution < 1.29 is 27.0 Å². The van der Waals surface area contributed by atoms with Crippen molar-refractivity contribution in [3.63, 3.8) is 0 Å². The molecule has 0 saturated carbocycles. The molecule has 6 heteroatoms. The number of hydrogen-bond acceptors (Lipinski definition) is 2. The number of alkyl halides is 3. The van der Waals surface area contributed by atoms with Gasteiger partial charge in [-0.05, 0) is 70.7 Å². The molecule has 0 saturated heterocycles. The molecule has 1 atom stereocenters.